The maximum atomic E-state index is 13.1. The topological polar surface area (TPSA) is 125 Å². The zero-order valence-corrected chi connectivity index (χ0v) is 19.3. The van der Waals surface area contributed by atoms with Crippen molar-refractivity contribution in [2.45, 2.75) is 31.7 Å². The lowest BCUT2D eigenvalue weighted by molar-refractivity contribution is -0.139. The van der Waals surface area contributed by atoms with Crippen molar-refractivity contribution >= 4 is 51.9 Å². The third-order valence-electron chi connectivity index (χ3n) is 6.09. The van der Waals surface area contributed by atoms with E-state index in [0.29, 0.717) is 40.3 Å². The van der Waals surface area contributed by atoms with Crippen molar-refractivity contribution in [3.8, 4) is 0 Å². The van der Waals surface area contributed by atoms with E-state index in [2.05, 4.69) is 15.6 Å². The fraction of sp³-hybridized carbons (Fsp3) is 0.333. The van der Waals surface area contributed by atoms with Gasteiger partial charge in [-0.25, -0.2) is 4.98 Å². The number of fused-ring (bicyclic) bond motifs is 1. The minimum absolute atomic E-state index is 0.0128. The Bertz CT molecular complexity index is 1200. The molecule has 4 rings (SSSR count). The second kappa shape index (κ2) is 10.2. The second-order valence-corrected chi connectivity index (χ2v) is 8.86. The number of carbonyl (C=O) groups is 3. The van der Waals surface area contributed by atoms with Crippen molar-refractivity contribution in [1.29, 1.82) is 0 Å². The van der Waals surface area contributed by atoms with Crippen LogP contribution in [-0.2, 0) is 9.59 Å². The molecule has 0 radical (unpaired) electrons. The first-order chi connectivity index (χ1) is 16.3. The van der Waals surface area contributed by atoms with Crippen LogP contribution in [0.4, 0.5) is 11.5 Å². The van der Waals surface area contributed by atoms with Gasteiger partial charge in [-0.3, -0.25) is 19.3 Å². The van der Waals surface area contributed by atoms with Crippen LogP contribution < -0.4 is 10.6 Å². The second-order valence-electron chi connectivity index (χ2n) is 8.42. The number of anilines is 2. The van der Waals surface area contributed by atoms with Gasteiger partial charge < -0.3 is 20.2 Å². The molecular formula is C24H25ClN4O5. The van der Waals surface area contributed by atoms with Gasteiger partial charge in [-0.1, -0.05) is 23.7 Å². The molecule has 34 heavy (non-hydrogen) atoms. The minimum atomic E-state index is -0.867. The van der Waals surface area contributed by atoms with Gasteiger partial charge >= 0.3 is 5.97 Å². The molecule has 0 aliphatic heterocycles. The molecule has 0 atom stereocenters. The highest BCUT2D eigenvalue weighted by Crippen LogP contribution is 2.34. The maximum Gasteiger partial charge on any atom is 0.317 e. The molecule has 0 spiro atoms. The number of nitrogens with zero attached hydrogens (tertiary/aromatic N) is 2. The molecule has 0 saturated heterocycles. The third-order valence-corrected chi connectivity index (χ3v) is 6.32. The number of para-hydroxylation sites is 1. The van der Waals surface area contributed by atoms with Crippen molar-refractivity contribution in [2.24, 2.45) is 5.92 Å². The summed E-state index contributed by atoms with van der Waals surface area (Å²) in [6.45, 7) is -0.0243. The van der Waals surface area contributed by atoms with Gasteiger partial charge in [0.1, 0.15) is 17.1 Å². The molecule has 9 nitrogen and oxygen atoms in total. The van der Waals surface area contributed by atoms with Crippen LogP contribution in [0.5, 0.6) is 0 Å². The Kier molecular flexibility index (Phi) is 7.14. The molecular weight excluding hydrogens is 460 g/mol. The molecule has 2 aromatic heterocycles. The molecule has 1 aliphatic carbocycles. The standard InChI is InChI=1S/C24H25ClN4O5/c1-29(13-20(30)31)16-9-6-14(7-10-16)23(32)28-21-17-4-2-3-5-18(17)34-22(21)24(33)27-19-11-8-15(25)12-26-19/h2-5,8,11-12,14,16H,6-7,9-10,13H2,1H3,(H,28,32)(H,30,31)(H,26,27,33). The van der Waals surface area contributed by atoms with Crippen LogP contribution >= 0.6 is 11.6 Å². The zero-order valence-electron chi connectivity index (χ0n) is 18.6. The van der Waals surface area contributed by atoms with E-state index in [0.717, 1.165) is 12.8 Å². The monoisotopic (exact) mass is 484 g/mol. The van der Waals surface area contributed by atoms with E-state index in [1.165, 1.54) is 6.20 Å². The van der Waals surface area contributed by atoms with Crippen LogP contribution in [0.2, 0.25) is 5.02 Å². The summed E-state index contributed by atoms with van der Waals surface area (Å²) in [4.78, 5) is 42.9. The number of pyridine rings is 1. The molecule has 1 saturated carbocycles. The van der Waals surface area contributed by atoms with Crippen molar-refractivity contribution in [1.82, 2.24) is 9.88 Å². The van der Waals surface area contributed by atoms with E-state index in [1.54, 1.807) is 43.4 Å². The summed E-state index contributed by atoms with van der Waals surface area (Å²) in [7, 11) is 1.79. The Morgan fingerprint density at radius 2 is 1.85 bits per heavy atom. The summed E-state index contributed by atoms with van der Waals surface area (Å²) in [6, 6.07) is 10.4. The Balaban J connectivity index is 1.49. The number of hydrogen-bond donors (Lipinski definition) is 3. The smallest absolute Gasteiger partial charge is 0.317 e. The summed E-state index contributed by atoms with van der Waals surface area (Å²) in [5, 5.41) is 15.7. The van der Waals surface area contributed by atoms with Gasteiger partial charge in [0.25, 0.3) is 5.91 Å². The van der Waals surface area contributed by atoms with Crippen molar-refractivity contribution in [3.63, 3.8) is 0 Å². The molecule has 3 aromatic rings. The van der Waals surface area contributed by atoms with Crippen LogP contribution in [0.1, 0.15) is 36.2 Å². The normalized spacial score (nSPS) is 18.1. The number of carbonyl (C=O) groups excluding carboxylic acids is 2. The van der Waals surface area contributed by atoms with E-state index in [-0.39, 0.29) is 30.2 Å². The Morgan fingerprint density at radius 3 is 2.53 bits per heavy atom. The van der Waals surface area contributed by atoms with Gasteiger partial charge in [-0.2, -0.15) is 0 Å². The molecule has 1 aromatic carbocycles. The number of aromatic nitrogens is 1. The number of aliphatic carboxylic acids is 1. The number of hydrogen-bond acceptors (Lipinski definition) is 6. The van der Waals surface area contributed by atoms with E-state index < -0.39 is 11.9 Å². The zero-order chi connectivity index (χ0) is 24.2. The lowest BCUT2D eigenvalue weighted by Crippen LogP contribution is -2.40. The minimum Gasteiger partial charge on any atom is -0.480 e. The van der Waals surface area contributed by atoms with Gasteiger partial charge in [0.15, 0.2) is 0 Å². The first-order valence-electron chi connectivity index (χ1n) is 11.0. The fourth-order valence-electron chi connectivity index (χ4n) is 4.30. The molecule has 10 heteroatoms. The van der Waals surface area contributed by atoms with Crippen LogP contribution in [-0.4, -0.2) is 52.4 Å². The van der Waals surface area contributed by atoms with Gasteiger partial charge in [0, 0.05) is 23.5 Å². The van der Waals surface area contributed by atoms with Crippen LogP contribution in [0.25, 0.3) is 11.0 Å². The number of furan rings is 1. The average molecular weight is 485 g/mol. The largest absolute Gasteiger partial charge is 0.480 e. The quantitative estimate of drug-likeness (QED) is 0.457. The number of benzene rings is 1. The van der Waals surface area contributed by atoms with Crippen LogP contribution in [0, 0.1) is 5.92 Å². The highest BCUT2D eigenvalue weighted by Gasteiger charge is 2.31. The maximum absolute atomic E-state index is 13.1. The summed E-state index contributed by atoms with van der Waals surface area (Å²) < 4.78 is 5.79. The number of rotatable bonds is 7. The van der Waals surface area contributed by atoms with Gasteiger partial charge in [0.05, 0.1) is 11.6 Å². The summed E-state index contributed by atoms with van der Waals surface area (Å²) >= 11 is 5.85. The lowest BCUT2D eigenvalue weighted by atomic mass is 9.85. The van der Waals surface area contributed by atoms with Crippen LogP contribution in [0.15, 0.2) is 47.0 Å². The molecule has 3 N–H and O–H groups in total. The van der Waals surface area contributed by atoms with E-state index in [9.17, 15) is 14.4 Å². The molecule has 2 amide bonds. The van der Waals surface area contributed by atoms with Gasteiger partial charge in [0.2, 0.25) is 11.7 Å². The lowest BCUT2D eigenvalue weighted by Gasteiger charge is -2.33. The summed E-state index contributed by atoms with van der Waals surface area (Å²) in [5.74, 6) is -1.55. The van der Waals surface area contributed by atoms with Crippen molar-refractivity contribution < 1.29 is 23.9 Å². The summed E-state index contributed by atoms with van der Waals surface area (Å²) in [6.07, 6.45) is 4.13. The first kappa shape index (κ1) is 23.7. The number of carboxylic acids is 1. The molecule has 0 unspecified atom stereocenters. The fourth-order valence-corrected chi connectivity index (χ4v) is 4.41. The molecule has 1 aliphatic rings. The highest BCUT2D eigenvalue weighted by molar-refractivity contribution is 6.30. The number of carboxylic acid groups (broad SMARTS) is 1. The van der Waals surface area contributed by atoms with Gasteiger partial charge in [-0.05, 0) is 57.0 Å². The number of likely N-dealkylation sites (N-methyl/N-ethyl adjacent to an activating group) is 1. The summed E-state index contributed by atoms with van der Waals surface area (Å²) in [5.41, 5.74) is 0.795. The Morgan fingerprint density at radius 1 is 1.12 bits per heavy atom. The predicted octanol–water partition coefficient (Wildman–Crippen LogP) is 4.25. The Hall–Kier alpha value is -3.43. The number of halogens is 1. The molecule has 2 heterocycles. The SMILES string of the molecule is CN(CC(=O)O)C1CCC(C(=O)Nc2c(C(=O)Nc3ccc(Cl)cn3)oc3ccccc23)CC1. The van der Waals surface area contributed by atoms with E-state index >= 15 is 0 Å². The Labute approximate surface area is 201 Å². The third kappa shape index (κ3) is 5.37. The van der Waals surface area contributed by atoms with Crippen LogP contribution in [0.3, 0.4) is 0 Å². The van der Waals surface area contributed by atoms with Crippen molar-refractivity contribution in [3.05, 3.63) is 53.4 Å². The predicted molar refractivity (Wildman–Crippen MR) is 128 cm³/mol. The van der Waals surface area contributed by atoms with E-state index in [1.807, 2.05) is 4.90 Å². The highest BCUT2D eigenvalue weighted by atomic mass is 35.5. The molecule has 1 fully saturated rings. The van der Waals surface area contributed by atoms with Crippen molar-refractivity contribution in [2.75, 3.05) is 24.2 Å². The van der Waals surface area contributed by atoms with Gasteiger partial charge in [-0.15, -0.1) is 0 Å². The number of nitrogens with one attached hydrogen (secondary N) is 2. The average Bonchev–Trinajstić information content (AvgIpc) is 3.19. The number of amides is 2. The van der Waals surface area contributed by atoms with E-state index in [4.69, 9.17) is 21.1 Å². The molecule has 0 bridgehead atoms. The molecule has 178 valence electrons. The first-order valence-corrected chi connectivity index (χ1v) is 11.4.